The Kier molecular flexibility index (Phi) is 23.8. The molecule has 0 aliphatic heterocycles. The quantitative estimate of drug-likeness (QED) is 0.459. The predicted octanol–water partition coefficient (Wildman–Crippen LogP) is 0.809. The lowest BCUT2D eigenvalue weighted by Gasteiger charge is -1.83. The molecule has 0 amide bonds. The first-order valence-electron chi connectivity index (χ1n) is 3.85. The van der Waals surface area contributed by atoms with Crippen LogP contribution >= 0.6 is 0 Å². The summed E-state index contributed by atoms with van der Waals surface area (Å²) in [4.78, 5) is 9.44. The maximum absolute atomic E-state index is 9.44. The largest absolute Gasteiger partial charge is 0.412 e. The third-order valence-electron chi connectivity index (χ3n) is 0.450. The summed E-state index contributed by atoms with van der Waals surface area (Å²) in [5.74, 6) is 0.167. The van der Waals surface area contributed by atoms with Crippen LogP contribution in [-0.4, -0.2) is 28.2 Å². The Labute approximate surface area is 85.5 Å². The van der Waals surface area contributed by atoms with E-state index in [9.17, 15) is 4.79 Å². The molecule has 0 aromatic rings. The fourth-order valence-electron chi connectivity index (χ4n) is 0.200. The first kappa shape index (κ1) is 23.1. The highest BCUT2D eigenvalue weighted by molar-refractivity contribution is 5.82. The van der Waals surface area contributed by atoms with Gasteiger partial charge in [0, 0.05) is 11.4 Å². The number of hydrogen-bond acceptors (Lipinski definition) is 3. The molecule has 14 heavy (non-hydrogen) atoms. The molecule has 4 N–H and O–H groups in total. The summed E-state index contributed by atoms with van der Waals surface area (Å²) >= 11 is 0. The van der Waals surface area contributed by atoms with Gasteiger partial charge in [0.05, 0.1) is 0 Å². The lowest BCUT2D eigenvalue weighted by molar-refractivity contribution is -0.114. The van der Waals surface area contributed by atoms with E-state index in [1.165, 1.54) is 13.8 Å². The summed E-state index contributed by atoms with van der Waals surface area (Å²) in [6.45, 7) is 10.7. The zero-order chi connectivity index (χ0) is 10.1. The lowest BCUT2D eigenvalue weighted by atomic mass is 10.5. The number of hydrogen-bond donors (Lipinski definition) is 0. The van der Waals surface area contributed by atoms with Gasteiger partial charge in [-0.25, -0.2) is 0 Å². The van der Waals surface area contributed by atoms with E-state index >= 15 is 0 Å². The fourth-order valence-corrected chi connectivity index (χ4v) is 0.200. The highest BCUT2D eigenvalue weighted by atomic mass is 16.1. The molecule has 5 nitrogen and oxygen atoms in total. The van der Waals surface area contributed by atoms with Gasteiger partial charge in [-0.3, -0.25) is 0 Å². The minimum atomic E-state index is 0. The number of ketones is 1. The van der Waals surface area contributed by atoms with Crippen LogP contribution in [0.15, 0.2) is 10.2 Å². The molecule has 5 heteroatoms. The van der Waals surface area contributed by atoms with Gasteiger partial charge in [0.15, 0.2) is 0 Å². The third kappa shape index (κ3) is 69.8. The lowest BCUT2D eigenvalue weighted by Crippen LogP contribution is -1.81. The highest BCUT2D eigenvalue weighted by Gasteiger charge is 1.74. The van der Waals surface area contributed by atoms with Crippen molar-refractivity contribution in [3.05, 3.63) is 0 Å². The molecule has 86 valence electrons. The van der Waals surface area contributed by atoms with Crippen LogP contribution in [0.3, 0.4) is 0 Å². The molecule has 0 radical (unpaired) electrons. The van der Waals surface area contributed by atoms with Crippen molar-refractivity contribution in [3.63, 3.8) is 0 Å². The van der Waals surface area contributed by atoms with E-state index in [4.69, 9.17) is 0 Å². The van der Waals surface area contributed by atoms with Crippen molar-refractivity contribution < 1.29 is 15.7 Å². The SMILES string of the molecule is CC(C)=NN=C(C)C.CC(C)=O.O.O. The smallest absolute Gasteiger partial charge is 0.126 e. The van der Waals surface area contributed by atoms with Crippen LogP contribution in [-0.2, 0) is 4.79 Å². The van der Waals surface area contributed by atoms with Gasteiger partial charge in [-0.2, -0.15) is 10.2 Å². The molecule has 0 unspecified atom stereocenters. The van der Waals surface area contributed by atoms with Crippen LogP contribution in [0.2, 0.25) is 0 Å². The van der Waals surface area contributed by atoms with Crippen LogP contribution in [0.5, 0.6) is 0 Å². The molecular formula is C9H22N2O3. The number of nitrogens with zero attached hydrogens (tertiary/aromatic N) is 2. The molecule has 0 aliphatic carbocycles. The fraction of sp³-hybridized carbons (Fsp3) is 0.667. The Balaban J connectivity index is -0.0000000733. The van der Waals surface area contributed by atoms with Crippen LogP contribution in [0.1, 0.15) is 41.5 Å². The van der Waals surface area contributed by atoms with Crippen LogP contribution in [0, 0.1) is 0 Å². The van der Waals surface area contributed by atoms with Gasteiger partial charge in [-0.1, -0.05) is 0 Å². The van der Waals surface area contributed by atoms with Crippen molar-refractivity contribution in [1.29, 1.82) is 0 Å². The van der Waals surface area contributed by atoms with E-state index in [1.54, 1.807) is 0 Å². The predicted molar refractivity (Wildman–Crippen MR) is 61.1 cm³/mol. The molecule has 0 fully saturated rings. The van der Waals surface area contributed by atoms with E-state index < -0.39 is 0 Å². The second-order valence-corrected chi connectivity index (χ2v) is 3.00. The summed E-state index contributed by atoms with van der Waals surface area (Å²) in [6, 6.07) is 0. The molecule has 0 spiro atoms. The normalized spacial score (nSPS) is 6.43. The van der Waals surface area contributed by atoms with Gasteiger partial charge in [-0.05, 0) is 41.5 Å². The maximum atomic E-state index is 9.44. The van der Waals surface area contributed by atoms with Crippen LogP contribution in [0.25, 0.3) is 0 Å². The molecule has 0 saturated heterocycles. The second-order valence-electron chi connectivity index (χ2n) is 3.00. The molecule has 0 rings (SSSR count). The van der Waals surface area contributed by atoms with E-state index in [-0.39, 0.29) is 16.7 Å². The molecule has 0 aliphatic rings. The van der Waals surface area contributed by atoms with Gasteiger partial charge >= 0.3 is 0 Å². The van der Waals surface area contributed by atoms with Crippen LogP contribution in [0.4, 0.5) is 0 Å². The number of Topliss-reactive ketones (excluding diaryl/α,β-unsaturated/α-hetero) is 1. The summed E-state index contributed by atoms with van der Waals surface area (Å²) < 4.78 is 0. The number of rotatable bonds is 1. The molecule has 0 aromatic carbocycles. The van der Waals surface area contributed by atoms with Crippen molar-refractivity contribution in [1.82, 2.24) is 0 Å². The Morgan fingerprint density at radius 2 is 0.857 bits per heavy atom. The first-order chi connectivity index (χ1) is 5.36. The Bertz CT molecular complexity index is 170. The van der Waals surface area contributed by atoms with Gasteiger partial charge in [-0.15, -0.1) is 0 Å². The summed E-state index contributed by atoms with van der Waals surface area (Å²) in [5, 5.41) is 7.66. The van der Waals surface area contributed by atoms with E-state index in [0.717, 1.165) is 11.4 Å². The molecule has 0 aromatic heterocycles. The average Bonchev–Trinajstić information content (AvgIpc) is 1.82. The van der Waals surface area contributed by atoms with Gasteiger partial charge in [0.25, 0.3) is 0 Å². The Morgan fingerprint density at radius 3 is 0.929 bits per heavy atom. The van der Waals surface area contributed by atoms with Gasteiger partial charge in [0.1, 0.15) is 5.78 Å². The van der Waals surface area contributed by atoms with Gasteiger partial charge in [0.2, 0.25) is 0 Å². The van der Waals surface area contributed by atoms with Crippen molar-refractivity contribution in [2.24, 2.45) is 10.2 Å². The zero-order valence-electron chi connectivity index (χ0n) is 9.80. The Hall–Kier alpha value is -1.07. The standard InChI is InChI=1S/C6H12N2.C3H6O.2H2O/c1-5(2)7-8-6(3)4;1-3(2)4;;/h1-4H3;1-2H3;2*1H2. The van der Waals surface area contributed by atoms with E-state index in [0.29, 0.717) is 0 Å². The molecular weight excluding hydrogens is 184 g/mol. The average molecular weight is 206 g/mol. The third-order valence-corrected chi connectivity index (χ3v) is 0.450. The Morgan fingerprint density at radius 1 is 0.714 bits per heavy atom. The second kappa shape index (κ2) is 14.5. The summed E-state index contributed by atoms with van der Waals surface area (Å²) in [6.07, 6.45) is 0. The summed E-state index contributed by atoms with van der Waals surface area (Å²) in [7, 11) is 0. The molecule has 0 atom stereocenters. The zero-order valence-corrected chi connectivity index (χ0v) is 9.80. The van der Waals surface area contributed by atoms with Crippen LogP contribution < -0.4 is 0 Å². The monoisotopic (exact) mass is 206 g/mol. The number of carbonyl (C=O) groups is 1. The van der Waals surface area contributed by atoms with Crippen molar-refractivity contribution in [2.45, 2.75) is 41.5 Å². The van der Waals surface area contributed by atoms with Crippen molar-refractivity contribution >= 4 is 17.2 Å². The van der Waals surface area contributed by atoms with Crippen molar-refractivity contribution in [3.8, 4) is 0 Å². The first-order valence-corrected chi connectivity index (χ1v) is 3.85. The van der Waals surface area contributed by atoms with Crippen molar-refractivity contribution in [2.75, 3.05) is 0 Å². The summed E-state index contributed by atoms with van der Waals surface area (Å²) in [5.41, 5.74) is 1.98. The minimum Gasteiger partial charge on any atom is -0.412 e. The van der Waals surface area contributed by atoms with E-state index in [2.05, 4.69) is 10.2 Å². The van der Waals surface area contributed by atoms with E-state index in [1.807, 2.05) is 27.7 Å². The number of carbonyl (C=O) groups excluding carboxylic acids is 1. The maximum Gasteiger partial charge on any atom is 0.126 e. The molecule has 0 heterocycles. The molecule has 0 bridgehead atoms. The minimum absolute atomic E-state index is 0. The topological polar surface area (TPSA) is 105 Å². The van der Waals surface area contributed by atoms with Gasteiger partial charge < -0.3 is 15.7 Å². The molecule has 0 saturated carbocycles. The highest BCUT2D eigenvalue weighted by Crippen LogP contribution is 1.79.